The molecule has 7 aliphatic heterocycles. The normalized spacial score (nSPS) is 57.0. The summed E-state index contributed by atoms with van der Waals surface area (Å²) in [6.07, 6.45) is -34.4. The first-order valence-corrected chi connectivity index (χ1v) is 29.6. The highest BCUT2D eigenvalue weighted by molar-refractivity contribution is 5.87. The summed E-state index contributed by atoms with van der Waals surface area (Å²) in [6.45, 7) is 5.95. The van der Waals surface area contributed by atoms with Crippen molar-refractivity contribution in [1.82, 2.24) is 0 Å². The third kappa shape index (κ3) is 10.7. The van der Waals surface area contributed by atoms with E-state index in [0.717, 1.165) is 32.1 Å². The van der Waals surface area contributed by atoms with Gasteiger partial charge in [0.05, 0.1) is 51.8 Å². The molecule has 0 aromatic heterocycles. The van der Waals surface area contributed by atoms with Crippen LogP contribution in [0.5, 0.6) is 0 Å². The topological polar surface area (TPSA) is 411 Å². The van der Waals surface area contributed by atoms with E-state index in [1.165, 1.54) is 0 Å². The van der Waals surface area contributed by atoms with E-state index in [9.17, 15) is 76.3 Å². The molecular formula is C55H88O27. The van der Waals surface area contributed by atoms with Gasteiger partial charge in [0, 0.05) is 30.1 Å². The van der Waals surface area contributed by atoms with Gasteiger partial charge in [0.15, 0.2) is 37.2 Å². The smallest absolute Gasteiger partial charge is 0.187 e. The molecule has 27 heteroatoms. The molecule has 14 N–H and O–H groups in total. The second-order valence-electron chi connectivity index (χ2n) is 26.1. The lowest BCUT2D eigenvalue weighted by atomic mass is 9.44. The summed E-state index contributed by atoms with van der Waals surface area (Å²) in [6, 6.07) is 0. The van der Waals surface area contributed by atoms with E-state index in [1.54, 1.807) is 0 Å². The zero-order valence-electron chi connectivity index (χ0n) is 46.7. The molecule has 470 valence electrons. The van der Waals surface area contributed by atoms with Gasteiger partial charge in [0.2, 0.25) is 0 Å². The fraction of sp³-hybridized carbons (Fsp3) is 0.982. The second-order valence-corrected chi connectivity index (χ2v) is 26.1. The molecule has 1 spiro atoms. The molecule has 0 radical (unpaired) electrons. The Morgan fingerprint density at radius 3 is 1.70 bits per heavy atom. The van der Waals surface area contributed by atoms with Crippen molar-refractivity contribution in [2.45, 2.75) is 245 Å². The summed E-state index contributed by atoms with van der Waals surface area (Å²) in [5.74, 6) is 0.909. The summed E-state index contributed by atoms with van der Waals surface area (Å²) in [5, 5.41) is 152. The van der Waals surface area contributed by atoms with Crippen LogP contribution in [-0.2, 0) is 61.6 Å². The Morgan fingerprint density at radius 1 is 0.524 bits per heavy atom. The third-order valence-corrected chi connectivity index (χ3v) is 21.6. The molecule has 7 heterocycles. The predicted octanol–water partition coefficient (Wildman–Crippen LogP) is -4.63. The molecule has 0 aromatic carbocycles. The van der Waals surface area contributed by atoms with Crippen LogP contribution in [0.4, 0.5) is 0 Å². The van der Waals surface area contributed by atoms with E-state index < -0.39 is 192 Å². The Morgan fingerprint density at radius 2 is 1.09 bits per heavy atom. The number of ketones is 1. The van der Waals surface area contributed by atoms with Crippen molar-refractivity contribution in [3.63, 3.8) is 0 Å². The fourth-order valence-corrected chi connectivity index (χ4v) is 16.8. The van der Waals surface area contributed by atoms with Gasteiger partial charge in [0.25, 0.3) is 0 Å². The molecule has 11 rings (SSSR count). The van der Waals surface area contributed by atoms with E-state index in [-0.39, 0.29) is 46.9 Å². The van der Waals surface area contributed by atoms with Gasteiger partial charge in [0.1, 0.15) is 116 Å². The van der Waals surface area contributed by atoms with Gasteiger partial charge >= 0.3 is 0 Å². The zero-order valence-corrected chi connectivity index (χ0v) is 46.7. The standard InChI is InChI=1S/C55H88O27/c1-20-7-10-55(73-17-20)21(2)34-29(82-55)12-26-24-6-5-22-11-23(8-9-53(22,3)25(24)13-33(61)54(26,34)4)74-52-47(42(69)45(32(16-58)77-52)79-49-40(67)36(63)28(60)19-72-49)81-51-43(70)46(37(64)30(14-56)75-51)80-50-41(68)38(65)44(31(15-57)76-50)78-48-39(66)35(62)27(59)18-71-48/h20-32,34-52,56-60,62-70H,5-19H2,1-4H3. The highest BCUT2D eigenvalue weighted by Crippen LogP contribution is 2.70. The van der Waals surface area contributed by atoms with Crippen LogP contribution in [0.3, 0.4) is 0 Å². The molecule has 82 heavy (non-hydrogen) atoms. The first kappa shape index (κ1) is 62.2. The van der Waals surface area contributed by atoms with Gasteiger partial charge in [-0.25, -0.2) is 0 Å². The van der Waals surface area contributed by atoms with E-state index in [1.807, 2.05) is 0 Å². The lowest BCUT2D eigenvalue weighted by molar-refractivity contribution is -0.400. The molecule has 0 aromatic rings. The highest BCUT2D eigenvalue weighted by atomic mass is 16.8. The predicted molar refractivity (Wildman–Crippen MR) is 269 cm³/mol. The molecular weight excluding hydrogens is 1090 g/mol. The van der Waals surface area contributed by atoms with E-state index in [2.05, 4.69) is 27.7 Å². The Kier molecular flexibility index (Phi) is 18.4. The molecule has 11 aliphatic rings. The lowest BCUT2D eigenvalue weighted by Gasteiger charge is -2.61. The average Bonchev–Trinajstić information content (AvgIpc) is 1.59. The summed E-state index contributed by atoms with van der Waals surface area (Å²) in [5.41, 5.74) is -0.775. The maximum absolute atomic E-state index is 14.9. The summed E-state index contributed by atoms with van der Waals surface area (Å²) >= 11 is 0. The van der Waals surface area contributed by atoms with Crippen LogP contribution in [0.25, 0.3) is 0 Å². The maximum Gasteiger partial charge on any atom is 0.187 e. The maximum atomic E-state index is 14.9. The number of aliphatic hydroxyl groups excluding tert-OH is 14. The Labute approximate surface area is 474 Å². The fourth-order valence-electron chi connectivity index (χ4n) is 16.8. The monoisotopic (exact) mass is 1180 g/mol. The molecule has 27 nitrogen and oxygen atoms in total. The molecule has 11 fully saturated rings. The Balaban J connectivity index is 0.803. The number of fused-ring (bicyclic) bond motifs is 7. The Bertz CT molecular complexity index is 2180. The van der Waals surface area contributed by atoms with Gasteiger partial charge in [-0.15, -0.1) is 0 Å². The van der Waals surface area contributed by atoms with Gasteiger partial charge in [-0.1, -0.05) is 27.7 Å². The van der Waals surface area contributed by atoms with E-state index in [0.29, 0.717) is 44.1 Å². The van der Waals surface area contributed by atoms with Crippen molar-refractivity contribution in [2.24, 2.45) is 52.3 Å². The minimum atomic E-state index is -2.10. The first-order valence-electron chi connectivity index (χ1n) is 29.6. The number of aliphatic hydroxyl groups is 14. The Hall–Kier alpha value is -1.37. The average molecular weight is 1180 g/mol. The van der Waals surface area contributed by atoms with Crippen LogP contribution in [0.15, 0.2) is 0 Å². The first-order chi connectivity index (χ1) is 39.0. The second kappa shape index (κ2) is 24.2. The van der Waals surface area contributed by atoms with Crippen LogP contribution < -0.4 is 0 Å². The van der Waals surface area contributed by atoms with Crippen molar-refractivity contribution in [1.29, 1.82) is 0 Å². The molecule has 7 saturated heterocycles. The van der Waals surface area contributed by atoms with Crippen molar-refractivity contribution in [2.75, 3.05) is 39.6 Å². The number of hydrogen-bond acceptors (Lipinski definition) is 27. The third-order valence-electron chi connectivity index (χ3n) is 21.6. The van der Waals surface area contributed by atoms with Gasteiger partial charge in [-0.2, -0.15) is 0 Å². The minimum absolute atomic E-state index is 0.0568. The van der Waals surface area contributed by atoms with Crippen LogP contribution in [0.1, 0.15) is 85.5 Å². The number of hydrogen-bond donors (Lipinski definition) is 14. The van der Waals surface area contributed by atoms with Crippen molar-refractivity contribution in [3.05, 3.63) is 0 Å². The SMILES string of the molecule is CC1CCC2(OC1)OC1CC3C4CCC5CC(OC6OC(CO)C(OC7OCC(O)C(O)C7O)C(O)C6OC6OC(CO)C(O)C(OC7OC(CO)C(OC8OCC(O)C(O)C8O)C(O)C7O)C6O)CCC5(C)C4CC(=O)C3(C)C1C2C. The summed E-state index contributed by atoms with van der Waals surface area (Å²) in [7, 11) is 0. The van der Waals surface area contributed by atoms with Crippen LogP contribution in [0.2, 0.25) is 0 Å². The largest absolute Gasteiger partial charge is 0.394 e. The summed E-state index contributed by atoms with van der Waals surface area (Å²) in [4.78, 5) is 14.9. The number of Topliss-reactive ketones (excluding diaryl/α,β-unsaturated/α-hetero) is 1. The molecule has 4 aliphatic carbocycles. The molecule has 35 atom stereocenters. The molecule has 0 amide bonds. The van der Waals surface area contributed by atoms with E-state index in [4.69, 9.17) is 56.8 Å². The number of ether oxygens (including phenoxy) is 12. The van der Waals surface area contributed by atoms with Crippen molar-refractivity contribution < 1.29 is 133 Å². The minimum Gasteiger partial charge on any atom is -0.394 e. The van der Waals surface area contributed by atoms with Crippen LogP contribution >= 0.6 is 0 Å². The number of carbonyl (C=O) groups excluding carboxylic acids is 1. The lowest BCUT2D eigenvalue weighted by Crippen LogP contribution is -2.68. The number of carbonyl (C=O) groups is 1. The zero-order chi connectivity index (χ0) is 58.6. The summed E-state index contributed by atoms with van der Waals surface area (Å²) < 4.78 is 72.9. The van der Waals surface area contributed by atoms with Gasteiger partial charge in [-0.05, 0) is 80.0 Å². The molecule has 0 bridgehead atoms. The van der Waals surface area contributed by atoms with E-state index >= 15 is 0 Å². The molecule has 35 unspecified atom stereocenters. The van der Waals surface area contributed by atoms with Crippen molar-refractivity contribution >= 4 is 5.78 Å². The van der Waals surface area contributed by atoms with Crippen LogP contribution in [0, 0.1) is 52.3 Å². The molecule has 4 saturated carbocycles. The van der Waals surface area contributed by atoms with Gasteiger partial charge < -0.3 is 128 Å². The van der Waals surface area contributed by atoms with Crippen LogP contribution in [-0.4, -0.2) is 276 Å². The quantitative estimate of drug-likeness (QED) is 0.0772. The number of rotatable bonds is 13. The highest BCUT2D eigenvalue weighted by Gasteiger charge is 2.72. The van der Waals surface area contributed by atoms with Crippen molar-refractivity contribution in [3.8, 4) is 0 Å². The van der Waals surface area contributed by atoms with Gasteiger partial charge in [-0.3, -0.25) is 4.79 Å².